The molecule has 0 saturated carbocycles. The monoisotopic (exact) mass is 1130 g/mol. The first-order chi connectivity index (χ1) is 42.9. The van der Waals surface area contributed by atoms with Crippen LogP contribution in [0.25, 0.3) is 145 Å². The van der Waals surface area contributed by atoms with Crippen LogP contribution in [-0.2, 0) is 0 Å². The van der Waals surface area contributed by atoms with Gasteiger partial charge in [0.15, 0.2) is 17.5 Å². The number of aromatic nitrogens is 6. The topological polar surface area (TPSA) is 61.4 Å². The molecule has 0 radical (unpaired) electrons. The predicted molar refractivity (Wildman–Crippen MR) is 368 cm³/mol. The Morgan fingerprint density at radius 2 is 0.580 bits per heavy atom. The molecule has 0 aliphatic rings. The van der Waals surface area contributed by atoms with Gasteiger partial charge in [-0.15, -0.1) is 0 Å². The van der Waals surface area contributed by atoms with Crippen LogP contribution in [0.2, 0.25) is 0 Å². The summed E-state index contributed by atoms with van der Waals surface area (Å²) in [4.78, 5) is 20.8. The summed E-state index contributed by atoms with van der Waals surface area (Å²) in [5.74, 6) is 1.77. The van der Waals surface area contributed by atoms with Crippen molar-refractivity contribution in [2.75, 3.05) is 0 Å². The van der Waals surface area contributed by atoms with Gasteiger partial charge < -0.3 is 9.13 Å². The third-order valence-electron chi connectivity index (χ3n) is 17.8. The van der Waals surface area contributed by atoms with E-state index in [2.05, 4.69) is 259 Å². The van der Waals surface area contributed by atoms with E-state index < -0.39 is 0 Å². The van der Waals surface area contributed by atoms with Gasteiger partial charge in [-0.05, 0) is 195 Å². The van der Waals surface area contributed by atoms with Crippen molar-refractivity contribution in [3.8, 4) is 101 Å². The summed E-state index contributed by atoms with van der Waals surface area (Å²) < 4.78 is 4.92. The third kappa shape index (κ3) is 9.45. The van der Waals surface area contributed by atoms with Crippen LogP contribution in [0.15, 0.2) is 243 Å². The Bertz CT molecular complexity index is 5020. The molecule has 88 heavy (non-hydrogen) atoms. The number of aryl methyl sites for hydroxylation is 8. The first kappa shape index (κ1) is 53.9. The molecule has 15 rings (SSSR count). The van der Waals surface area contributed by atoms with Gasteiger partial charge in [0.1, 0.15) is 0 Å². The molecule has 15 aromatic rings. The largest absolute Gasteiger partial charge is 0.309 e. The summed E-state index contributed by atoms with van der Waals surface area (Å²) in [5.41, 5.74) is 30.5. The fourth-order valence-corrected chi connectivity index (χ4v) is 13.6. The van der Waals surface area contributed by atoms with Crippen LogP contribution in [0, 0.1) is 55.4 Å². The minimum absolute atomic E-state index is 0.569. The van der Waals surface area contributed by atoms with Crippen LogP contribution < -0.4 is 0 Å². The third-order valence-corrected chi connectivity index (χ3v) is 17.8. The second-order valence-electron chi connectivity index (χ2n) is 24.0. The van der Waals surface area contributed by atoms with E-state index >= 15 is 0 Å². The fraction of sp³-hybridized carbons (Fsp3) is 0.0976. The first-order valence-corrected chi connectivity index (χ1v) is 30.3. The molecular formula is C82H64N6. The van der Waals surface area contributed by atoms with E-state index in [1.807, 2.05) is 48.8 Å². The van der Waals surface area contributed by atoms with Crippen molar-refractivity contribution in [3.63, 3.8) is 0 Å². The average molecular weight is 1130 g/mol. The van der Waals surface area contributed by atoms with E-state index in [1.54, 1.807) is 0 Å². The molecule has 0 saturated heterocycles. The maximum Gasteiger partial charge on any atom is 0.164 e. The number of hydrogen-bond acceptors (Lipinski definition) is 4. The van der Waals surface area contributed by atoms with E-state index in [4.69, 9.17) is 19.9 Å². The molecule has 11 aromatic carbocycles. The van der Waals surface area contributed by atoms with E-state index in [0.29, 0.717) is 17.5 Å². The zero-order chi connectivity index (χ0) is 59.9. The summed E-state index contributed by atoms with van der Waals surface area (Å²) in [5, 5.41) is 4.67. The zero-order valence-electron chi connectivity index (χ0n) is 50.8. The summed E-state index contributed by atoms with van der Waals surface area (Å²) in [7, 11) is 0. The van der Waals surface area contributed by atoms with E-state index in [0.717, 1.165) is 61.3 Å². The number of hydrogen-bond donors (Lipinski definition) is 0. The molecule has 0 unspecified atom stereocenters. The molecule has 0 aliphatic heterocycles. The number of pyridine rings is 1. The highest BCUT2D eigenvalue weighted by atomic mass is 15.0. The molecule has 6 heteroatoms. The van der Waals surface area contributed by atoms with E-state index in [-0.39, 0.29) is 0 Å². The SMILES string of the molecule is Cc1ccc(-c2ccc3c(c2)c2cc(-c4ccc(C)cc4C)ccc2n3-c2ccncc2-c2cc(-c3nc(-c4ccccc4)nc(-c4ccccc4)n3)ccc2-n2c3ccc(-c4ccc(C)cc4C)cc3c3cc(-c4ccc(C)cc4C)ccc32)c(C)c1. The van der Waals surface area contributed by atoms with Crippen LogP contribution >= 0.6 is 0 Å². The molecule has 0 N–H and O–H groups in total. The highest BCUT2D eigenvalue weighted by Crippen LogP contribution is 2.45. The molecule has 0 spiro atoms. The number of nitrogens with zero attached hydrogens (tertiary/aromatic N) is 6. The van der Waals surface area contributed by atoms with Gasteiger partial charge in [0.2, 0.25) is 0 Å². The molecule has 0 fully saturated rings. The lowest BCUT2D eigenvalue weighted by Crippen LogP contribution is -2.04. The molecule has 0 amide bonds. The van der Waals surface area contributed by atoms with Crippen molar-refractivity contribution in [1.82, 2.24) is 29.1 Å². The van der Waals surface area contributed by atoms with Gasteiger partial charge in [-0.3, -0.25) is 4.98 Å². The van der Waals surface area contributed by atoms with E-state index in [9.17, 15) is 0 Å². The number of fused-ring (bicyclic) bond motifs is 6. The Kier molecular flexibility index (Phi) is 13.2. The lowest BCUT2D eigenvalue weighted by Gasteiger charge is -2.19. The van der Waals surface area contributed by atoms with Crippen molar-refractivity contribution in [3.05, 3.63) is 287 Å². The molecular weight excluding hydrogens is 1070 g/mol. The van der Waals surface area contributed by atoms with Gasteiger partial charge >= 0.3 is 0 Å². The molecule has 4 heterocycles. The van der Waals surface area contributed by atoms with Gasteiger partial charge in [0.25, 0.3) is 0 Å². The molecule has 4 aromatic heterocycles. The van der Waals surface area contributed by atoms with Crippen molar-refractivity contribution in [1.29, 1.82) is 0 Å². The zero-order valence-corrected chi connectivity index (χ0v) is 50.8. The fourth-order valence-electron chi connectivity index (χ4n) is 13.6. The lowest BCUT2D eigenvalue weighted by molar-refractivity contribution is 1.07. The Labute approximate surface area is 513 Å². The highest BCUT2D eigenvalue weighted by Gasteiger charge is 2.25. The first-order valence-electron chi connectivity index (χ1n) is 30.3. The maximum atomic E-state index is 5.32. The second kappa shape index (κ2) is 21.6. The van der Waals surface area contributed by atoms with Gasteiger partial charge in [-0.1, -0.05) is 180 Å². The van der Waals surface area contributed by atoms with Gasteiger partial charge in [0, 0.05) is 61.8 Å². The minimum atomic E-state index is 0.569. The molecule has 6 nitrogen and oxygen atoms in total. The summed E-state index contributed by atoms with van der Waals surface area (Å²) in [6.07, 6.45) is 3.98. The van der Waals surface area contributed by atoms with Crippen LogP contribution in [-0.4, -0.2) is 29.1 Å². The Morgan fingerprint density at radius 3 is 0.932 bits per heavy atom. The van der Waals surface area contributed by atoms with Crippen LogP contribution in [0.5, 0.6) is 0 Å². The maximum absolute atomic E-state index is 5.32. The Hall–Kier alpha value is -10.8. The van der Waals surface area contributed by atoms with E-state index in [1.165, 1.54) is 111 Å². The van der Waals surface area contributed by atoms with Crippen molar-refractivity contribution in [2.24, 2.45) is 0 Å². The standard InChI is InChI=1S/C82H64N6/c1-49-19-28-64(53(5)39-49)59-23-32-74-68(43-59)69-44-60(65-29-20-50(2)40-54(65)6)24-33-75(69)87(74)78-36-27-63(82-85-80(57-15-11-9-12-16-57)84-81(86-82)58-17-13-10-14-18-58)47-72(78)73-48-83-38-37-79(73)88-76-34-25-61(66-30-21-51(3)41-55(66)7)45-70(76)71-46-62(26-35-77(71)88)67-31-22-52(4)42-56(67)8/h9-48H,1-8H3. The van der Waals surface area contributed by atoms with Gasteiger partial charge in [-0.2, -0.15) is 0 Å². The smallest absolute Gasteiger partial charge is 0.164 e. The molecule has 0 aliphatic carbocycles. The van der Waals surface area contributed by atoms with Crippen LogP contribution in [0.1, 0.15) is 44.5 Å². The van der Waals surface area contributed by atoms with Gasteiger partial charge in [-0.25, -0.2) is 15.0 Å². The molecule has 0 atom stereocenters. The quantitative estimate of drug-likeness (QED) is 0.137. The van der Waals surface area contributed by atoms with Crippen molar-refractivity contribution < 1.29 is 0 Å². The van der Waals surface area contributed by atoms with Crippen molar-refractivity contribution in [2.45, 2.75) is 55.4 Å². The minimum Gasteiger partial charge on any atom is -0.309 e. The van der Waals surface area contributed by atoms with Crippen molar-refractivity contribution >= 4 is 43.6 Å². The number of rotatable bonds is 10. The van der Waals surface area contributed by atoms with Crippen LogP contribution in [0.3, 0.4) is 0 Å². The predicted octanol–water partition coefficient (Wildman–Crippen LogP) is 21.3. The Morgan fingerprint density at radius 1 is 0.250 bits per heavy atom. The summed E-state index contributed by atoms with van der Waals surface area (Å²) in [6, 6.07) is 84.4. The second-order valence-corrected chi connectivity index (χ2v) is 24.0. The number of benzene rings is 11. The normalized spacial score (nSPS) is 11.6. The molecule has 422 valence electrons. The molecule has 0 bridgehead atoms. The summed E-state index contributed by atoms with van der Waals surface area (Å²) in [6.45, 7) is 17.5. The Balaban J connectivity index is 1.02. The van der Waals surface area contributed by atoms with Gasteiger partial charge in [0.05, 0.1) is 33.4 Å². The average Bonchev–Trinajstić information content (AvgIpc) is 1.61. The lowest BCUT2D eigenvalue weighted by atomic mass is 9.95. The van der Waals surface area contributed by atoms with Crippen LogP contribution in [0.4, 0.5) is 0 Å². The summed E-state index contributed by atoms with van der Waals surface area (Å²) >= 11 is 0. The highest BCUT2D eigenvalue weighted by molar-refractivity contribution is 6.14.